The van der Waals surface area contributed by atoms with Crippen LogP contribution in [0.3, 0.4) is 0 Å². The molecular formula is C11H13FO2S. The number of hydrogen-bond donors (Lipinski definition) is 1. The van der Waals surface area contributed by atoms with E-state index in [9.17, 15) is 9.18 Å². The van der Waals surface area contributed by atoms with Gasteiger partial charge >= 0.3 is 5.97 Å². The van der Waals surface area contributed by atoms with Crippen LogP contribution in [0.15, 0.2) is 24.3 Å². The molecule has 0 radical (unpaired) electrons. The van der Waals surface area contributed by atoms with Crippen molar-refractivity contribution in [2.75, 3.05) is 0 Å². The Balaban J connectivity index is 2.66. The van der Waals surface area contributed by atoms with Gasteiger partial charge in [0.1, 0.15) is 10.6 Å². The molecule has 0 fully saturated rings. The summed E-state index contributed by atoms with van der Waals surface area (Å²) in [6.45, 7) is 3.22. The van der Waals surface area contributed by atoms with E-state index in [2.05, 4.69) is 0 Å². The van der Waals surface area contributed by atoms with Gasteiger partial charge in [-0.05, 0) is 25.5 Å². The summed E-state index contributed by atoms with van der Waals surface area (Å²) in [6.07, 6.45) is 0. The summed E-state index contributed by atoms with van der Waals surface area (Å²) >= 11 is 1.21. The molecular weight excluding hydrogens is 215 g/mol. The lowest BCUT2D eigenvalue weighted by Gasteiger charge is -2.18. The fourth-order valence-corrected chi connectivity index (χ4v) is 1.81. The summed E-state index contributed by atoms with van der Waals surface area (Å²) in [5.41, 5.74) is 0.539. The van der Waals surface area contributed by atoms with Crippen molar-refractivity contribution in [1.29, 1.82) is 0 Å². The van der Waals surface area contributed by atoms with Crippen LogP contribution in [0.1, 0.15) is 19.4 Å². The van der Waals surface area contributed by atoms with Crippen LogP contribution >= 0.6 is 11.8 Å². The number of carboxylic acids is 1. The topological polar surface area (TPSA) is 37.3 Å². The Morgan fingerprint density at radius 3 is 2.60 bits per heavy atom. The molecule has 1 aromatic carbocycles. The molecule has 2 nitrogen and oxygen atoms in total. The van der Waals surface area contributed by atoms with Gasteiger partial charge in [-0.15, -0.1) is 11.8 Å². The van der Waals surface area contributed by atoms with E-state index < -0.39 is 10.7 Å². The van der Waals surface area contributed by atoms with Gasteiger partial charge in [0.05, 0.1) is 0 Å². The molecule has 1 rings (SSSR count). The highest BCUT2D eigenvalue weighted by Gasteiger charge is 2.27. The lowest BCUT2D eigenvalue weighted by atomic mass is 10.2. The molecule has 0 atom stereocenters. The molecule has 0 heterocycles. The smallest absolute Gasteiger partial charge is 0.319 e. The predicted molar refractivity (Wildman–Crippen MR) is 59.4 cm³/mol. The molecule has 82 valence electrons. The maximum absolute atomic E-state index is 13.2. The minimum absolute atomic E-state index is 0.286. The highest BCUT2D eigenvalue weighted by atomic mass is 32.2. The molecule has 0 bridgehead atoms. The number of rotatable bonds is 4. The van der Waals surface area contributed by atoms with Crippen molar-refractivity contribution in [3.8, 4) is 0 Å². The Hall–Kier alpha value is -1.03. The minimum atomic E-state index is -0.887. The molecule has 15 heavy (non-hydrogen) atoms. The number of thioether (sulfide) groups is 1. The van der Waals surface area contributed by atoms with Gasteiger partial charge in [0.25, 0.3) is 0 Å². The summed E-state index contributed by atoms with van der Waals surface area (Å²) in [5.74, 6) is -0.804. The van der Waals surface area contributed by atoms with Crippen LogP contribution in [0, 0.1) is 5.82 Å². The molecule has 0 aliphatic carbocycles. The molecule has 0 aromatic heterocycles. The van der Waals surface area contributed by atoms with E-state index in [1.165, 1.54) is 17.8 Å². The number of carboxylic acid groups (broad SMARTS) is 1. The SMILES string of the molecule is CC(C)(SCc1ccccc1F)C(=O)O. The molecule has 0 saturated carbocycles. The van der Waals surface area contributed by atoms with Crippen LogP contribution in [0.4, 0.5) is 4.39 Å². The van der Waals surface area contributed by atoms with Crippen molar-refractivity contribution in [3.05, 3.63) is 35.6 Å². The summed E-state index contributed by atoms with van der Waals surface area (Å²) in [5, 5.41) is 8.87. The van der Waals surface area contributed by atoms with E-state index in [4.69, 9.17) is 5.11 Å². The number of hydrogen-bond acceptors (Lipinski definition) is 2. The van der Waals surface area contributed by atoms with Crippen molar-refractivity contribution in [2.45, 2.75) is 24.3 Å². The zero-order chi connectivity index (χ0) is 11.5. The monoisotopic (exact) mass is 228 g/mol. The fourth-order valence-electron chi connectivity index (χ4n) is 0.935. The van der Waals surface area contributed by atoms with Gasteiger partial charge in [-0.25, -0.2) is 4.39 Å². The van der Waals surface area contributed by atoms with Crippen LogP contribution < -0.4 is 0 Å². The number of carbonyl (C=O) groups is 1. The summed E-state index contributed by atoms with van der Waals surface area (Å²) in [6, 6.07) is 6.41. The Labute approximate surface area is 92.5 Å². The lowest BCUT2D eigenvalue weighted by Crippen LogP contribution is -2.27. The first kappa shape index (κ1) is 12.0. The largest absolute Gasteiger partial charge is 0.480 e. The Bertz CT molecular complexity index is 363. The van der Waals surface area contributed by atoms with Crippen LogP contribution in [-0.4, -0.2) is 15.8 Å². The van der Waals surface area contributed by atoms with E-state index in [1.807, 2.05) is 0 Å². The first-order chi connectivity index (χ1) is 6.93. The van der Waals surface area contributed by atoms with Crippen molar-refractivity contribution in [3.63, 3.8) is 0 Å². The highest BCUT2D eigenvalue weighted by Crippen LogP contribution is 2.28. The molecule has 0 saturated heterocycles. The first-order valence-corrected chi connectivity index (χ1v) is 5.53. The second kappa shape index (κ2) is 4.66. The zero-order valence-corrected chi connectivity index (χ0v) is 9.47. The maximum Gasteiger partial charge on any atom is 0.319 e. The van der Waals surface area contributed by atoms with Gasteiger partial charge in [0, 0.05) is 5.75 Å². The lowest BCUT2D eigenvalue weighted by molar-refractivity contribution is -0.138. The van der Waals surface area contributed by atoms with Gasteiger partial charge in [-0.3, -0.25) is 4.79 Å². The van der Waals surface area contributed by atoms with Crippen LogP contribution in [0.25, 0.3) is 0 Å². The van der Waals surface area contributed by atoms with Crippen LogP contribution in [-0.2, 0) is 10.5 Å². The molecule has 0 spiro atoms. The van der Waals surface area contributed by atoms with Gasteiger partial charge in [-0.2, -0.15) is 0 Å². The van der Waals surface area contributed by atoms with Gasteiger partial charge < -0.3 is 5.11 Å². The molecule has 0 unspecified atom stereocenters. The maximum atomic E-state index is 13.2. The molecule has 4 heteroatoms. The average molecular weight is 228 g/mol. The number of halogens is 1. The third kappa shape index (κ3) is 3.23. The average Bonchev–Trinajstić information content (AvgIpc) is 2.16. The molecule has 0 aliphatic heterocycles. The third-order valence-electron chi connectivity index (χ3n) is 2.06. The number of benzene rings is 1. The van der Waals surface area contributed by atoms with Crippen LogP contribution in [0.5, 0.6) is 0 Å². The van der Waals surface area contributed by atoms with E-state index in [0.717, 1.165) is 0 Å². The Morgan fingerprint density at radius 1 is 1.47 bits per heavy atom. The van der Waals surface area contributed by atoms with Gasteiger partial charge in [0.2, 0.25) is 0 Å². The van der Waals surface area contributed by atoms with E-state index in [0.29, 0.717) is 11.3 Å². The Morgan fingerprint density at radius 2 is 2.07 bits per heavy atom. The normalized spacial score (nSPS) is 11.4. The molecule has 1 aromatic rings. The molecule has 0 aliphatic rings. The first-order valence-electron chi connectivity index (χ1n) is 4.54. The van der Waals surface area contributed by atoms with E-state index in [1.54, 1.807) is 32.0 Å². The summed E-state index contributed by atoms with van der Waals surface area (Å²) < 4.78 is 12.3. The highest BCUT2D eigenvalue weighted by molar-refractivity contribution is 8.00. The summed E-state index contributed by atoms with van der Waals surface area (Å²) in [4.78, 5) is 10.8. The predicted octanol–water partition coefficient (Wildman–Crippen LogP) is 2.92. The summed E-state index contributed by atoms with van der Waals surface area (Å²) in [7, 11) is 0. The minimum Gasteiger partial charge on any atom is -0.480 e. The molecule has 1 N–H and O–H groups in total. The second-order valence-corrected chi connectivity index (χ2v) is 5.29. The third-order valence-corrected chi connectivity index (χ3v) is 3.41. The number of aliphatic carboxylic acids is 1. The molecule has 0 amide bonds. The van der Waals surface area contributed by atoms with Gasteiger partial charge in [0.15, 0.2) is 0 Å². The van der Waals surface area contributed by atoms with Crippen LogP contribution in [0.2, 0.25) is 0 Å². The standard InChI is InChI=1S/C11H13FO2S/c1-11(2,10(13)14)15-7-8-5-3-4-6-9(8)12/h3-6H,7H2,1-2H3,(H,13,14). The second-order valence-electron chi connectivity index (χ2n) is 3.70. The van der Waals surface area contributed by atoms with Crippen molar-refractivity contribution in [1.82, 2.24) is 0 Å². The quantitative estimate of drug-likeness (QED) is 0.861. The van der Waals surface area contributed by atoms with E-state index >= 15 is 0 Å². The van der Waals surface area contributed by atoms with E-state index in [-0.39, 0.29) is 5.82 Å². The van der Waals surface area contributed by atoms with Crippen molar-refractivity contribution >= 4 is 17.7 Å². The Kier molecular flexibility index (Phi) is 3.74. The van der Waals surface area contributed by atoms with Crippen molar-refractivity contribution in [2.24, 2.45) is 0 Å². The fraction of sp³-hybridized carbons (Fsp3) is 0.364. The van der Waals surface area contributed by atoms with Gasteiger partial charge in [-0.1, -0.05) is 18.2 Å². The van der Waals surface area contributed by atoms with Crippen molar-refractivity contribution < 1.29 is 14.3 Å². The zero-order valence-electron chi connectivity index (χ0n) is 8.66.